The number of epoxide rings is 1. The molecule has 0 radical (unpaired) electrons. The summed E-state index contributed by atoms with van der Waals surface area (Å²) in [4.78, 5) is 11.4. The molecule has 16 heavy (non-hydrogen) atoms. The molecule has 0 aromatic carbocycles. The lowest BCUT2D eigenvalue weighted by molar-refractivity contribution is 0.127. The van der Waals surface area contributed by atoms with Crippen LogP contribution in [0.3, 0.4) is 0 Å². The lowest BCUT2D eigenvalue weighted by atomic mass is 10.0. The van der Waals surface area contributed by atoms with Gasteiger partial charge in [-0.25, -0.2) is 13.2 Å². The second-order valence-corrected chi connectivity index (χ2v) is 6.77. The van der Waals surface area contributed by atoms with Crippen molar-refractivity contribution in [3.05, 3.63) is 0 Å². The maximum Gasteiger partial charge on any atom is 0.407 e. The summed E-state index contributed by atoms with van der Waals surface area (Å²) in [6.07, 6.45) is -0.120. The molecule has 2 rings (SSSR count). The van der Waals surface area contributed by atoms with E-state index in [0.29, 0.717) is 13.0 Å². The van der Waals surface area contributed by atoms with Crippen LogP contribution < -0.4 is 5.32 Å². The average molecular weight is 249 g/mol. The van der Waals surface area contributed by atoms with E-state index in [4.69, 9.17) is 9.47 Å². The number of hydrogen-bond acceptors (Lipinski definition) is 5. The quantitative estimate of drug-likeness (QED) is 0.693. The van der Waals surface area contributed by atoms with E-state index in [9.17, 15) is 13.2 Å². The molecule has 1 N–H and O–H groups in total. The maximum atomic E-state index is 11.4. The molecular formula is C9H15NO5S. The van der Waals surface area contributed by atoms with Crippen LogP contribution in [0.2, 0.25) is 0 Å². The molecule has 6 nitrogen and oxygen atoms in total. The zero-order valence-corrected chi connectivity index (χ0v) is 9.88. The summed E-state index contributed by atoms with van der Waals surface area (Å²) in [6.45, 7) is 2.57. The Bertz CT molecular complexity index is 389. The van der Waals surface area contributed by atoms with Crippen LogP contribution in [-0.2, 0) is 19.3 Å². The maximum absolute atomic E-state index is 11.4. The number of rotatable bonds is 3. The van der Waals surface area contributed by atoms with E-state index in [1.54, 1.807) is 6.92 Å². The lowest BCUT2D eigenvalue weighted by Gasteiger charge is -2.23. The van der Waals surface area contributed by atoms with Crippen molar-refractivity contribution in [1.82, 2.24) is 5.32 Å². The molecule has 0 aromatic rings. The van der Waals surface area contributed by atoms with Crippen molar-refractivity contribution < 1.29 is 22.7 Å². The first-order valence-electron chi connectivity index (χ1n) is 5.16. The molecule has 92 valence electrons. The minimum Gasteiger partial charge on any atom is -0.447 e. The number of carbonyl (C=O) groups excluding carboxylic acids is 1. The van der Waals surface area contributed by atoms with Crippen molar-refractivity contribution >= 4 is 15.9 Å². The summed E-state index contributed by atoms with van der Waals surface area (Å²) >= 11 is 0. The van der Waals surface area contributed by atoms with Gasteiger partial charge in [0.1, 0.15) is 12.7 Å². The van der Waals surface area contributed by atoms with E-state index in [1.807, 2.05) is 0 Å². The second-order valence-electron chi connectivity index (χ2n) is 4.58. The molecule has 0 aliphatic carbocycles. The SMILES string of the molecule is C[C@@]1(NC(=O)OC[C@@H]2CO2)CCS(=O)(=O)C1. The highest BCUT2D eigenvalue weighted by molar-refractivity contribution is 7.91. The molecule has 0 bridgehead atoms. The number of nitrogens with one attached hydrogen (secondary N) is 1. The van der Waals surface area contributed by atoms with Crippen molar-refractivity contribution in [1.29, 1.82) is 0 Å². The van der Waals surface area contributed by atoms with Gasteiger partial charge in [-0.3, -0.25) is 0 Å². The van der Waals surface area contributed by atoms with E-state index >= 15 is 0 Å². The van der Waals surface area contributed by atoms with Gasteiger partial charge in [0.25, 0.3) is 0 Å². The monoisotopic (exact) mass is 249 g/mol. The van der Waals surface area contributed by atoms with Crippen molar-refractivity contribution in [3.8, 4) is 0 Å². The predicted molar refractivity (Wildman–Crippen MR) is 55.9 cm³/mol. The number of alkyl carbamates (subject to hydrolysis) is 1. The summed E-state index contributed by atoms with van der Waals surface area (Å²) in [5.41, 5.74) is -0.694. The molecule has 2 saturated heterocycles. The van der Waals surface area contributed by atoms with E-state index in [2.05, 4.69) is 5.32 Å². The van der Waals surface area contributed by atoms with Gasteiger partial charge in [-0.15, -0.1) is 0 Å². The van der Waals surface area contributed by atoms with Gasteiger partial charge >= 0.3 is 6.09 Å². The van der Waals surface area contributed by atoms with Crippen LogP contribution in [0.5, 0.6) is 0 Å². The molecule has 7 heteroatoms. The smallest absolute Gasteiger partial charge is 0.407 e. The Hall–Kier alpha value is -0.820. The zero-order valence-electron chi connectivity index (χ0n) is 9.06. The summed E-state index contributed by atoms with van der Waals surface area (Å²) in [5, 5.41) is 2.60. The Morgan fingerprint density at radius 1 is 1.62 bits per heavy atom. The second kappa shape index (κ2) is 3.89. The van der Waals surface area contributed by atoms with Crippen molar-refractivity contribution in [2.75, 3.05) is 24.7 Å². The number of ether oxygens (including phenoxy) is 2. The molecule has 2 atom stereocenters. The molecule has 2 heterocycles. The number of carbonyl (C=O) groups is 1. The van der Waals surface area contributed by atoms with Crippen LogP contribution in [-0.4, -0.2) is 50.9 Å². The lowest BCUT2D eigenvalue weighted by Crippen LogP contribution is -2.47. The van der Waals surface area contributed by atoms with Crippen LogP contribution in [0.4, 0.5) is 4.79 Å². The molecular weight excluding hydrogens is 234 g/mol. The van der Waals surface area contributed by atoms with Crippen molar-refractivity contribution in [3.63, 3.8) is 0 Å². The van der Waals surface area contributed by atoms with Gasteiger partial charge in [-0.05, 0) is 13.3 Å². The van der Waals surface area contributed by atoms with Gasteiger partial charge in [-0.1, -0.05) is 0 Å². The molecule has 2 aliphatic rings. The summed E-state index contributed by atoms with van der Waals surface area (Å²) in [5.74, 6) is 0.102. The summed E-state index contributed by atoms with van der Waals surface area (Å²) in [7, 11) is -3.01. The predicted octanol–water partition coefficient (Wildman–Crippen LogP) is -0.311. The topological polar surface area (TPSA) is 85.0 Å². The fraction of sp³-hybridized carbons (Fsp3) is 0.889. The summed E-state index contributed by atoms with van der Waals surface area (Å²) in [6, 6.07) is 0. The van der Waals surface area contributed by atoms with E-state index in [1.165, 1.54) is 0 Å². The Balaban J connectivity index is 1.81. The van der Waals surface area contributed by atoms with Crippen LogP contribution in [0.15, 0.2) is 0 Å². The Kier molecular flexibility index (Phi) is 2.83. The third-order valence-electron chi connectivity index (χ3n) is 2.71. The molecule has 0 spiro atoms. The molecule has 0 unspecified atom stereocenters. The zero-order chi connectivity index (χ0) is 11.8. The fourth-order valence-electron chi connectivity index (χ4n) is 1.72. The molecule has 0 saturated carbocycles. The van der Waals surface area contributed by atoms with E-state index < -0.39 is 21.5 Å². The molecule has 0 aromatic heterocycles. The van der Waals surface area contributed by atoms with Crippen molar-refractivity contribution in [2.24, 2.45) is 0 Å². The molecule has 2 aliphatic heterocycles. The minimum atomic E-state index is -3.01. The van der Waals surface area contributed by atoms with E-state index in [0.717, 1.165) is 0 Å². The van der Waals surface area contributed by atoms with Crippen molar-refractivity contribution in [2.45, 2.75) is 25.0 Å². The molecule has 2 fully saturated rings. The Morgan fingerprint density at radius 3 is 2.81 bits per heavy atom. The number of hydrogen-bond donors (Lipinski definition) is 1. The highest BCUT2D eigenvalue weighted by Crippen LogP contribution is 2.22. The largest absolute Gasteiger partial charge is 0.447 e. The normalized spacial score (nSPS) is 35.7. The van der Waals surface area contributed by atoms with Gasteiger partial charge in [0.15, 0.2) is 9.84 Å². The van der Waals surface area contributed by atoms with Crippen LogP contribution in [0.25, 0.3) is 0 Å². The third-order valence-corrected chi connectivity index (χ3v) is 4.61. The minimum absolute atomic E-state index is 0.0188. The standard InChI is InChI=1S/C9H15NO5S/c1-9(2-3-16(12,13)6-9)10-8(11)15-5-7-4-14-7/h7H,2-6H2,1H3,(H,10,11)/t7-,9+/m0/s1. The first kappa shape index (κ1) is 11.7. The van der Waals surface area contributed by atoms with Crippen LogP contribution >= 0.6 is 0 Å². The van der Waals surface area contributed by atoms with Gasteiger partial charge in [0.05, 0.1) is 23.7 Å². The highest BCUT2D eigenvalue weighted by Gasteiger charge is 2.40. The van der Waals surface area contributed by atoms with Gasteiger partial charge in [0.2, 0.25) is 0 Å². The van der Waals surface area contributed by atoms with Crippen LogP contribution in [0.1, 0.15) is 13.3 Å². The first-order valence-corrected chi connectivity index (χ1v) is 6.98. The molecule has 1 amide bonds. The average Bonchev–Trinajstić information content (AvgIpc) is 2.90. The third kappa shape index (κ3) is 3.08. The van der Waals surface area contributed by atoms with Gasteiger partial charge < -0.3 is 14.8 Å². The fourth-order valence-corrected chi connectivity index (χ4v) is 3.82. The Morgan fingerprint density at radius 2 is 2.31 bits per heavy atom. The van der Waals surface area contributed by atoms with E-state index in [-0.39, 0.29) is 24.2 Å². The number of amides is 1. The Labute approximate surface area is 94.2 Å². The number of sulfone groups is 1. The first-order chi connectivity index (χ1) is 7.39. The summed E-state index contributed by atoms with van der Waals surface area (Å²) < 4.78 is 32.4. The highest BCUT2D eigenvalue weighted by atomic mass is 32.2. The van der Waals surface area contributed by atoms with Crippen LogP contribution in [0, 0.1) is 0 Å². The van der Waals surface area contributed by atoms with Gasteiger partial charge in [0, 0.05) is 0 Å². The van der Waals surface area contributed by atoms with Gasteiger partial charge in [-0.2, -0.15) is 0 Å².